The Hall–Kier alpha value is -3.33. The molecule has 2 aromatic rings. The van der Waals surface area contributed by atoms with Gasteiger partial charge < -0.3 is 0 Å². The van der Waals surface area contributed by atoms with Gasteiger partial charge in [0.05, 0.1) is 16.8 Å². The van der Waals surface area contributed by atoms with Crippen molar-refractivity contribution >= 4 is 45.0 Å². The highest BCUT2D eigenvalue weighted by molar-refractivity contribution is 9.10. The van der Waals surface area contributed by atoms with Crippen molar-refractivity contribution in [3.05, 3.63) is 79.8 Å². The van der Waals surface area contributed by atoms with Gasteiger partial charge in [0.15, 0.2) is 0 Å². The summed E-state index contributed by atoms with van der Waals surface area (Å²) in [7, 11) is 0. The van der Waals surface area contributed by atoms with E-state index in [2.05, 4.69) is 28.1 Å². The molecule has 0 spiro atoms. The van der Waals surface area contributed by atoms with Gasteiger partial charge in [0.2, 0.25) is 11.8 Å². The lowest BCUT2D eigenvalue weighted by atomic mass is 9.63. The fourth-order valence-electron chi connectivity index (χ4n) is 6.60. The van der Waals surface area contributed by atoms with E-state index in [1.807, 2.05) is 13.8 Å². The minimum absolute atomic E-state index is 0.0722. The number of nitro benzene ring substituents is 1. The number of hydrogen-bond acceptors (Lipinski definition) is 5. The van der Waals surface area contributed by atoms with Crippen LogP contribution in [0.1, 0.15) is 27.9 Å². The van der Waals surface area contributed by atoms with Crippen LogP contribution in [0.15, 0.2) is 53.0 Å². The molecule has 0 N–H and O–H groups in total. The zero-order valence-electron chi connectivity index (χ0n) is 19.8. The van der Waals surface area contributed by atoms with Gasteiger partial charge >= 0.3 is 0 Å². The molecule has 0 aromatic heterocycles. The van der Waals surface area contributed by atoms with E-state index < -0.39 is 10.8 Å². The fraction of sp³-hybridized carbons (Fsp3) is 0.370. The number of rotatable bonds is 5. The molecule has 7 rings (SSSR count). The van der Waals surface area contributed by atoms with Crippen LogP contribution in [-0.2, 0) is 9.59 Å². The molecule has 3 amide bonds. The minimum Gasteiger partial charge on any atom is -0.289 e. The van der Waals surface area contributed by atoms with E-state index in [-0.39, 0.29) is 53.4 Å². The number of anilines is 1. The molecule has 6 atom stereocenters. The topological polar surface area (TPSA) is 101 Å². The molecule has 2 bridgehead atoms. The average molecular weight is 550 g/mol. The van der Waals surface area contributed by atoms with Crippen LogP contribution in [0.4, 0.5) is 11.4 Å². The second kappa shape index (κ2) is 8.09. The number of benzene rings is 2. The molecule has 1 heterocycles. The number of nitrogens with zero attached hydrogens (tertiary/aromatic N) is 3. The standard InChI is InChI=1S/C27H24BrN3O5/c1-13-9-15(10-14(2)24(13)28)29(25(32)18-5-3-4-6-21(18)31(35)36)12-30-26(33)22-16-7-8-17(20-11-19(16)20)23(22)27(30)34/h3-10,16-17,19-20,22-23H,11-12H2,1-2H3. The summed E-state index contributed by atoms with van der Waals surface area (Å²) in [6, 6.07) is 9.30. The first-order chi connectivity index (χ1) is 17.2. The summed E-state index contributed by atoms with van der Waals surface area (Å²) in [6.07, 6.45) is 5.27. The number of hydrogen-bond donors (Lipinski definition) is 0. The molecular formula is C27H24BrN3O5. The maximum atomic E-state index is 13.8. The zero-order valence-corrected chi connectivity index (χ0v) is 21.3. The number of imide groups is 1. The van der Waals surface area contributed by atoms with Crippen molar-refractivity contribution in [2.24, 2.45) is 35.5 Å². The molecule has 184 valence electrons. The number of para-hydroxylation sites is 1. The van der Waals surface area contributed by atoms with Crippen molar-refractivity contribution in [3.63, 3.8) is 0 Å². The highest BCUT2D eigenvalue weighted by Crippen LogP contribution is 2.65. The van der Waals surface area contributed by atoms with Crippen molar-refractivity contribution in [2.75, 3.05) is 11.6 Å². The minimum atomic E-state index is -0.636. The Bertz CT molecular complexity index is 1330. The number of carbonyl (C=O) groups excluding carboxylic acids is 3. The van der Waals surface area contributed by atoms with E-state index in [1.165, 1.54) is 28.0 Å². The third-order valence-corrected chi connectivity index (χ3v) is 9.60. The van der Waals surface area contributed by atoms with Crippen molar-refractivity contribution in [3.8, 4) is 0 Å². The summed E-state index contributed by atoms with van der Waals surface area (Å²) in [5.41, 5.74) is 1.77. The summed E-state index contributed by atoms with van der Waals surface area (Å²) >= 11 is 3.54. The molecule has 6 unspecified atom stereocenters. The van der Waals surface area contributed by atoms with Crippen LogP contribution in [0.3, 0.4) is 0 Å². The zero-order chi connectivity index (χ0) is 25.5. The predicted octanol–water partition coefficient (Wildman–Crippen LogP) is 4.63. The normalized spacial score (nSPS) is 29.2. The summed E-state index contributed by atoms with van der Waals surface area (Å²) < 4.78 is 0.880. The lowest BCUT2D eigenvalue weighted by Crippen LogP contribution is -2.45. The smallest absolute Gasteiger partial charge is 0.282 e. The SMILES string of the molecule is Cc1cc(N(CN2C(=O)C3C4C=CC(C5CC45)C3C2=O)C(=O)c2ccccc2[N+](=O)[O-])cc(C)c1Br. The van der Waals surface area contributed by atoms with Crippen molar-refractivity contribution in [1.82, 2.24) is 4.90 Å². The third-order valence-electron chi connectivity index (χ3n) is 8.35. The van der Waals surface area contributed by atoms with Crippen LogP contribution in [-0.4, -0.2) is 34.2 Å². The van der Waals surface area contributed by atoms with Crippen molar-refractivity contribution in [2.45, 2.75) is 20.3 Å². The molecule has 8 nitrogen and oxygen atoms in total. The van der Waals surface area contributed by atoms with Crippen LogP contribution < -0.4 is 4.90 Å². The number of nitro groups is 1. The van der Waals surface area contributed by atoms with Gasteiger partial charge in [-0.2, -0.15) is 0 Å². The van der Waals surface area contributed by atoms with Gasteiger partial charge in [0, 0.05) is 16.2 Å². The van der Waals surface area contributed by atoms with Gasteiger partial charge in [-0.1, -0.05) is 40.2 Å². The van der Waals surface area contributed by atoms with Crippen LogP contribution in [0.25, 0.3) is 0 Å². The Labute approximate surface area is 216 Å². The summed E-state index contributed by atoms with van der Waals surface area (Å²) in [4.78, 5) is 54.7. The maximum Gasteiger partial charge on any atom is 0.282 e. The fourth-order valence-corrected chi connectivity index (χ4v) is 6.83. The summed E-state index contributed by atoms with van der Waals surface area (Å²) in [5.74, 6) is -0.811. The first kappa shape index (κ1) is 23.1. The molecule has 0 radical (unpaired) electrons. The molecule has 1 aliphatic heterocycles. The van der Waals surface area contributed by atoms with Crippen LogP contribution in [0.5, 0.6) is 0 Å². The average Bonchev–Trinajstić information content (AvgIpc) is 3.65. The van der Waals surface area contributed by atoms with E-state index in [9.17, 15) is 24.5 Å². The first-order valence-corrected chi connectivity index (χ1v) is 12.8. The molecule has 5 aliphatic rings. The molecule has 2 saturated carbocycles. The second-order valence-corrected chi connectivity index (χ2v) is 11.1. The summed E-state index contributed by atoms with van der Waals surface area (Å²) in [5, 5.41) is 11.7. The van der Waals surface area contributed by atoms with E-state index >= 15 is 0 Å². The summed E-state index contributed by atoms with van der Waals surface area (Å²) in [6.45, 7) is 3.47. The van der Waals surface area contributed by atoms with E-state index in [0.29, 0.717) is 17.5 Å². The number of carbonyl (C=O) groups is 3. The van der Waals surface area contributed by atoms with E-state index in [0.717, 1.165) is 22.0 Å². The number of allylic oxidation sites excluding steroid dienone is 2. The van der Waals surface area contributed by atoms with Gasteiger partial charge in [-0.05, 0) is 73.3 Å². The monoisotopic (exact) mass is 549 g/mol. The highest BCUT2D eigenvalue weighted by Gasteiger charge is 2.67. The Morgan fingerprint density at radius 1 is 1.06 bits per heavy atom. The molecular weight excluding hydrogens is 526 g/mol. The number of amides is 3. The van der Waals surface area contributed by atoms with E-state index in [1.54, 1.807) is 18.2 Å². The predicted molar refractivity (Wildman–Crippen MR) is 135 cm³/mol. The van der Waals surface area contributed by atoms with Gasteiger partial charge in [-0.25, -0.2) is 0 Å². The first-order valence-electron chi connectivity index (χ1n) is 12.0. The largest absolute Gasteiger partial charge is 0.289 e. The van der Waals surface area contributed by atoms with Crippen LogP contribution >= 0.6 is 15.9 Å². The van der Waals surface area contributed by atoms with Gasteiger partial charge in [0.1, 0.15) is 12.2 Å². The van der Waals surface area contributed by atoms with Gasteiger partial charge in [0.25, 0.3) is 11.6 Å². The number of halogens is 1. The van der Waals surface area contributed by atoms with Gasteiger partial charge in [-0.3, -0.25) is 34.3 Å². The maximum absolute atomic E-state index is 13.8. The molecule has 3 fully saturated rings. The molecule has 2 aromatic carbocycles. The molecule has 36 heavy (non-hydrogen) atoms. The lowest BCUT2D eigenvalue weighted by molar-refractivity contribution is -0.385. The van der Waals surface area contributed by atoms with Gasteiger partial charge in [-0.15, -0.1) is 0 Å². The number of likely N-dealkylation sites (tertiary alicyclic amines) is 1. The molecule has 4 aliphatic carbocycles. The molecule has 1 saturated heterocycles. The Balaban J connectivity index is 1.40. The number of aryl methyl sites for hydroxylation is 2. The second-order valence-electron chi connectivity index (χ2n) is 10.3. The molecule has 9 heteroatoms. The quantitative estimate of drug-likeness (QED) is 0.234. The lowest BCUT2D eigenvalue weighted by Gasteiger charge is -2.37. The Morgan fingerprint density at radius 3 is 2.17 bits per heavy atom. The van der Waals surface area contributed by atoms with Crippen LogP contribution in [0.2, 0.25) is 0 Å². The van der Waals surface area contributed by atoms with E-state index in [4.69, 9.17) is 0 Å². The third kappa shape index (κ3) is 3.28. The van der Waals surface area contributed by atoms with Crippen molar-refractivity contribution < 1.29 is 19.3 Å². The van der Waals surface area contributed by atoms with Crippen molar-refractivity contribution in [1.29, 1.82) is 0 Å². The van der Waals surface area contributed by atoms with Crippen LogP contribution in [0, 0.1) is 59.5 Å². The highest BCUT2D eigenvalue weighted by atomic mass is 79.9. The Kier molecular flexibility index (Phi) is 5.19. The Morgan fingerprint density at radius 2 is 1.61 bits per heavy atom.